The molecule has 21 heavy (non-hydrogen) atoms. The van der Waals surface area contributed by atoms with Gasteiger partial charge in [-0.25, -0.2) is 0 Å². The van der Waals surface area contributed by atoms with Gasteiger partial charge in [-0.2, -0.15) is 0 Å². The molecule has 7 heteroatoms. The number of nitrogens with one attached hydrogen (secondary N) is 1. The van der Waals surface area contributed by atoms with Gasteiger partial charge in [-0.1, -0.05) is 34.3 Å². The largest absolute Gasteiger partial charge is 0.459 e. The number of aromatic nitrogens is 3. The Balaban J connectivity index is 1.55. The number of benzene rings is 1. The van der Waals surface area contributed by atoms with Crippen molar-refractivity contribution in [3.05, 3.63) is 46.1 Å². The minimum absolute atomic E-state index is 0.0715. The number of hydrogen-bond acceptors (Lipinski definition) is 5. The molecule has 2 heterocycles. The Morgan fingerprint density at radius 3 is 3.05 bits per heavy atom. The van der Waals surface area contributed by atoms with Crippen molar-refractivity contribution in [2.75, 3.05) is 0 Å². The van der Waals surface area contributed by atoms with E-state index < -0.39 is 0 Å². The number of carbonyl (C=O) groups is 1. The summed E-state index contributed by atoms with van der Waals surface area (Å²) in [7, 11) is 0. The second-order valence-corrected chi connectivity index (χ2v) is 5.87. The van der Waals surface area contributed by atoms with E-state index in [0.717, 1.165) is 28.0 Å². The Morgan fingerprint density at radius 2 is 2.24 bits per heavy atom. The van der Waals surface area contributed by atoms with Crippen molar-refractivity contribution < 1.29 is 9.53 Å². The van der Waals surface area contributed by atoms with Crippen LogP contribution in [0.1, 0.15) is 17.7 Å². The highest BCUT2D eigenvalue weighted by molar-refractivity contribution is 7.10. The van der Waals surface area contributed by atoms with Gasteiger partial charge in [0.15, 0.2) is 0 Å². The highest BCUT2D eigenvalue weighted by atomic mass is 35.5. The fourth-order valence-electron chi connectivity index (χ4n) is 2.08. The van der Waals surface area contributed by atoms with Gasteiger partial charge in [-0.15, -0.1) is 5.10 Å². The Bertz CT molecular complexity index is 768. The Morgan fingerprint density at radius 1 is 1.38 bits per heavy atom. The third-order valence-corrected chi connectivity index (χ3v) is 4.14. The van der Waals surface area contributed by atoms with E-state index in [4.69, 9.17) is 16.3 Å². The number of aromatic amines is 1. The fraction of sp³-hybridized carbons (Fsp3) is 0.214. The lowest BCUT2D eigenvalue weighted by molar-refractivity contribution is -0.145. The minimum Gasteiger partial charge on any atom is -0.459 e. The number of esters is 1. The first-order valence-corrected chi connectivity index (χ1v) is 7.56. The molecule has 0 aliphatic carbocycles. The highest BCUT2D eigenvalue weighted by Crippen LogP contribution is 2.20. The molecular formula is C14H12ClN3O2S. The first-order chi connectivity index (χ1) is 10.2. The van der Waals surface area contributed by atoms with Crippen molar-refractivity contribution in [2.45, 2.75) is 19.4 Å². The molecule has 3 aromatic rings. The zero-order chi connectivity index (χ0) is 14.7. The molecule has 0 aliphatic heterocycles. The third kappa shape index (κ3) is 3.22. The summed E-state index contributed by atoms with van der Waals surface area (Å²) in [6.45, 7) is 0.0715. The van der Waals surface area contributed by atoms with Crippen LogP contribution in [0, 0.1) is 0 Å². The molecule has 108 valence electrons. The monoisotopic (exact) mass is 321 g/mol. The second kappa shape index (κ2) is 6.24. The predicted molar refractivity (Wildman–Crippen MR) is 81.3 cm³/mol. The molecule has 0 saturated heterocycles. The quantitative estimate of drug-likeness (QED) is 0.732. The molecule has 0 bridgehead atoms. The van der Waals surface area contributed by atoms with Crippen molar-refractivity contribution in [1.82, 2.24) is 14.6 Å². The van der Waals surface area contributed by atoms with Crippen LogP contribution < -0.4 is 0 Å². The summed E-state index contributed by atoms with van der Waals surface area (Å²) in [5.41, 5.74) is 2.68. The maximum Gasteiger partial charge on any atom is 0.306 e. The van der Waals surface area contributed by atoms with Gasteiger partial charge < -0.3 is 9.72 Å². The SMILES string of the molecule is O=C(CCc1c[nH]c2ccccc12)OCc1nnsc1Cl. The van der Waals surface area contributed by atoms with Gasteiger partial charge in [0, 0.05) is 35.1 Å². The van der Waals surface area contributed by atoms with Crippen molar-refractivity contribution >= 4 is 40.0 Å². The molecule has 0 unspecified atom stereocenters. The maximum atomic E-state index is 11.8. The molecule has 0 atom stereocenters. The van der Waals surface area contributed by atoms with Gasteiger partial charge in [0.05, 0.1) is 0 Å². The Labute approximate surface area is 130 Å². The van der Waals surface area contributed by atoms with Gasteiger partial charge in [0.25, 0.3) is 0 Å². The number of aryl methyl sites for hydroxylation is 1. The van der Waals surface area contributed by atoms with Crippen molar-refractivity contribution in [2.24, 2.45) is 0 Å². The zero-order valence-corrected chi connectivity index (χ0v) is 12.6. The molecule has 1 aromatic carbocycles. The number of para-hydroxylation sites is 1. The minimum atomic E-state index is -0.274. The summed E-state index contributed by atoms with van der Waals surface area (Å²) in [6, 6.07) is 8.00. The lowest BCUT2D eigenvalue weighted by Crippen LogP contribution is -2.06. The van der Waals surface area contributed by atoms with Gasteiger partial charge in [0.2, 0.25) is 0 Å². The standard InChI is InChI=1S/C14H12ClN3O2S/c15-14-12(17-18-21-14)8-20-13(19)6-5-9-7-16-11-4-2-1-3-10(9)11/h1-4,7,16H,5-6,8H2. The molecular weight excluding hydrogens is 310 g/mol. The number of carbonyl (C=O) groups excluding carboxylic acids is 1. The molecule has 5 nitrogen and oxygen atoms in total. The number of nitrogens with zero attached hydrogens (tertiary/aromatic N) is 2. The van der Waals surface area contributed by atoms with Crippen molar-refractivity contribution in [3.8, 4) is 0 Å². The van der Waals surface area contributed by atoms with E-state index in [0.29, 0.717) is 22.9 Å². The number of ether oxygens (including phenoxy) is 1. The summed E-state index contributed by atoms with van der Waals surface area (Å²) < 4.78 is 9.29. The fourth-order valence-corrected chi connectivity index (χ4v) is 2.68. The van der Waals surface area contributed by atoms with Crippen molar-refractivity contribution in [3.63, 3.8) is 0 Å². The number of rotatable bonds is 5. The van der Waals surface area contributed by atoms with Gasteiger partial charge in [-0.05, 0) is 18.1 Å². The first kappa shape index (κ1) is 14.0. The van der Waals surface area contributed by atoms with Gasteiger partial charge >= 0.3 is 5.97 Å². The number of H-pyrrole nitrogens is 1. The van der Waals surface area contributed by atoms with Gasteiger partial charge in [-0.3, -0.25) is 4.79 Å². The summed E-state index contributed by atoms with van der Waals surface area (Å²) in [6.07, 6.45) is 2.88. The topological polar surface area (TPSA) is 67.9 Å². The van der Waals surface area contributed by atoms with Crippen LogP contribution in [0.25, 0.3) is 10.9 Å². The van der Waals surface area contributed by atoms with Crippen LogP contribution in [-0.4, -0.2) is 20.5 Å². The van der Waals surface area contributed by atoms with Crippen LogP contribution in [0.2, 0.25) is 4.34 Å². The summed E-state index contributed by atoms with van der Waals surface area (Å²) in [5.74, 6) is -0.274. The van der Waals surface area contributed by atoms with Crippen LogP contribution >= 0.6 is 23.1 Å². The lowest BCUT2D eigenvalue weighted by Gasteiger charge is -2.02. The number of fused-ring (bicyclic) bond motifs is 1. The van der Waals surface area contributed by atoms with Crippen LogP contribution in [0.5, 0.6) is 0 Å². The summed E-state index contributed by atoms with van der Waals surface area (Å²) >= 11 is 6.92. The maximum absolute atomic E-state index is 11.8. The lowest BCUT2D eigenvalue weighted by atomic mass is 10.1. The molecule has 0 aliphatic rings. The number of halogens is 1. The third-order valence-electron chi connectivity index (χ3n) is 3.15. The van der Waals surface area contributed by atoms with Gasteiger partial charge in [0.1, 0.15) is 16.6 Å². The first-order valence-electron chi connectivity index (χ1n) is 6.41. The molecule has 0 saturated carbocycles. The van der Waals surface area contributed by atoms with Crippen LogP contribution in [-0.2, 0) is 22.6 Å². The molecule has 1 N–H and O–H groups in total. The zero-order valence-electron chi connectivity index (χ0n) is 11.0. The summed E-state index contributed by atoms with van der Waals surface area (Å²) in [4.78, 5) is 14.9. The number of hydrogen-bond donors (Lipinski definition) is 1. The van der Waals surface area contributed by atoms with Crippen molar-refractivity contribution in [1.29, 1.82) is 0 Å². The Kier molecular flexibility index (Phi) is 4.17. The molecule has 2 aromatic heterocycles. The molecule has 0 fully saturated rings. The Hall–Kier alpha value is -1.92. The van der Waals surface area contributed by atoms with E-state index in [1.54, 1.807) is 0 Å². The molecule has 0 amide bonds. The molecule has 0 spiro atoms. The highest BCUT2D eigenvalue weighted by Gasteiger charge is 2.10. The molecule has 3 rings (SSSR count). The van der Waals surface area contributed by atoms with E-state index in [1.807, 2.05) is 30.5 Å². The van der Waals surface area contributed by atoms with Crippen LogP contribution in [0.15, 0.2) is 30.5 Å². The van der Waals surface area contributed by atoms with Crippen LogP contribution in [0.4, 0.5) is 0 Å². The average Bonchev–Trinajstić information content (AvgIpc) is 3.09. The van der Waals surface area contributed by atoms with E-state index >= 15 is 0 Å². The molecule has 0 radical (unpaired) electrons. The second-order valence-electron chi connectivity index (χ2n) is 4.51. The van der Waals surface area contributed by atoms with E-state index in [9.17, 15) is 4.79 Å². The van der Waals surface area contributed by atoms with Crippen LogP contribution in [0.3, 0.4) is 0 Å². The van der Waals surface area contributed by atoms with E-state index in [-0.39, 0.29) is 12.6 Å². The average molecular weight is 322 g/mol. The van der Waals surface area contributed by atoms with E-state index in [2.05, 4.69) is 14.6 Å². The predicted octanol–water partition coefficient (Wildman–Crippen LogP) is 3.35. The summed E-state index contributed by atoms with van der Waals surface area (Å²) in [5, 5.41) is 4.93. The van der Waals surface area contributed by atoms with E-state index in [1.165, 1.54) is 0 Å². The smallest absolute Gasteiger partial charge is 0.306 e. The normalized spacial score (nSPS) is 10.9.